The lowest BCUT2D eigenvalue weighted by Gasteiger charge is -2.13. The van der Waals surface area contributed by atoms with Crippen molar-refractivity contribution in [3.63, 3.8) is 0 Å². The molecule has 2 rings (SSSR count). The Morgan fingerprint density at radius 1 is 1.07 bits per heavy atom. The maximum absolute atomic E-state index is 4.14. The summed E-state index contributed by atoms with van der Waals surface area (Å²) in [5, 5.41) is 12.2. The number of rotatable bonds is 4. The van der Waals surface area contributed by atoms with Gasteiger partial charge in [0.2, 0.25) is 0 Å². The van der Waals surface area contributed by atoms with Gasteiger partial charge in [0.25, 0.3) is 0 Å². The summed E-state index contributed by atoms with van der Waals surface area (Å²) in [5.74, 6) is 0. The zero-order valence-corrected chi connectivity index (χ0v) is 9.23. The average Bonchev–Trinajstić information content (AvgIpc) is 2.76. The molecule has 2 aromatic rings. The zero-order valence-electron chi connectivity index (χ0n) is 7.60. The highest BCUT2D eigenvalue weighted by Gasteiger charge is 2.03. The molecule has 0 bridgehead atoms. The van der Waals surface area contributed by atoms with E-state index in [9.17, 15) is 0 Å². The van der Waals surface area contributed by atoms with E-state index in [1.165, 1.54) is 0 Å². The summed E-state index contributed by atoms with van der Waals surface area (Å²) in [6.45, 7) is 2.03. The minimum absolute atomic E-state index is 0.132. The number of aromatic nitrogens is 2. The molecule has 2 N–H and O–H groups in total. The molecule has 0 fully saturated rings. The summed E-state index contributed by atoms with van der Waals surface area (Å²) in [6, 6.07) is 0. The predicted octanol–water partition coefficient (Wildman–Crippen LogP) is 2.47. The Morgan fingerprint density at radius 3 is 1.93 bits per heavy atom. The summed E-state index contributed by atoms with van der Waals surface area (Å²) in [6.07, 6.45) is 3.69. The Morgan fingerprint density at radius 2 is 1.57 bits per heavy atom. The lowest BCUT2D eigenvalue weighted by Crippen LogP contribution is -2.24. The third kappa shape index (κ3) is 2.43. The predicted molar refractivity (Wildman–Crippen MR) is 60.9 cm³/mol. The Balaban J connectivity index is 1.88. The fourth-order valence-corrected chi connectivity index (χ4v) is 2.23. The molecule has 0 spiro atoms. The maximum atomic E-state index is 4.14. The second kappa shape index (κ2) is 4.39. The van der Waals surface area contributed by atoms with Crippen LogP contribution in [-0.2, 0) is 0 Å². The molecule has 2 heterocycles. The molecule has 14 heavy (non-hydrogen) atoms. The van der Waals surface area contributed by atoms with E-state index in [0.717, 1.165) is 10.3 Å². The third-order valence-electron chi connectivity index (χ3n) is 1.54. The number of hydrogen-bond donors (Lipinski definition) is 2. The van der Waals surface area contributed by atoms with E-state index >= 15 is 0 Å². The van der Waals surface area contributed by atoms with Crippen LogP contribution < -0.4 is 10.6 Å². The van der Waals surface area contributed by atoms with Crippen molar-refractivity contribution < 1.29 is 0 Å². The molecule has 0 unspecified atom stereocenters. The van der Waals surface area contributed by atoms with Gasteiger partial charge in [0.15, 0.2) is 10.3 Å². The van der Waals surface area contributed by atoms with Crippen LogP contribution in [0.2, 0.25) is 0 Å². The zero-order chi connectivity index (χ0) is 9.80. The highest BCUT2D eigenvalue weighted by molar-refractivity contribution is 7.14. The van der Waals surface area contributed by atoms with Crippen LogP contribution in [0.4, 0.5) is 10.3 Å². The second-order valence-corrected chi connectivity index (χ2v) is 4.47. The molecule has 0 saturated heterocycles. The van der Waals surface area contributed by atoms with Crippen LogP contribution in [0.5, 0.6) is 0 Å². The Kier molecular flexibility index (Phi) is 2.95. The first kappa shape index (κ1) is 9.42. The first-order chi connectivity index (χ1) is 6.84. The molecule has 6 heteroatoms. The molecule has 2 aromatic heterocycles. The van der Waals surface area contributed by atoms with Crippen LogP contribution in [-0.4, -0.2) is 16.1 Å². The molecule has 0 saturated carbocycles. The van der Waals surface area contributed by atoms with Crippen LogP contribution in [0.1, 0.15) is 6.92 Å². The van der Waals surface area contributed by atoms with Gasteiger partial charge >= 0.3 is 0 Å². The smallest absolute Gasteiger partial charge is 0.184 e. The van der Waals surface area contributed by atoms with Crippen molar-refractivity contribution in [2.45, 2.75) is 13.1 Å². The van der Waals surface area contributed by atoms with Gasteiger partial charge in [-0.1, -0.05) is 0 Å². The van der Waals surface area contributed by atoms with Crippen LogP contribution >= 0.6 is 22.7 Å². The summed E-state index contributed by atoms with van der Waals surface area (Å²) in [4.78, 5) is 8.27. The Labute approximate surface area is 90.0 Å². The van der Waals surface area contributed by atoms with Crippen LogP contribution in [0, 0.1) is 0 Å². The standard InChI is InChI=1S/C8H10N4S2/c1-6(11-7-9-2-4-13-7)12-8-10-3-5-14-8/h2-6H,1H3,(H,9,11)(H,10,12). The van der Waals surface area contributed by atoms with Gasteiger partial charge in [0.05, 0.1) is 6.17 Å². The lowest BCUT2D eigenvalue weighted by molar-refractivity contribution is 0.909. The number of anilines is 2. The van der Waals surface area contributed by atoms with Crippen LogP contribution in [0.3, 0.4) is 0 Å². The van der Waals surface area contributed by atoms with Gasteiger partial charge in [-0.25, -0.2) is 9.97 Å². The number of thiazole rings is 2. The van der Waals surface area contributed by atoms with Crippen molar-refractivity contribution in [3.8, 4) is 0 Å². The number of hydrogen-bond acceptors (Lipinski definition) is 6. The van der Waals surface area contributed by atoms with Gasteiger partial charge in [-0.05, 0) is 6.92 Å². The number of nitrogens with zero attached hydrogens (tertiary/aromatic N) is 2. The summed E-state index contributed by atoms with van der Waals surface area (Å²) >= 11 is 3.17. The van der Waals surface area contributed by atoms with Gasteiger partial charge in [0, 0.05) is 23.2 Å². The van der Waals surface area contributed by atoms with Crippen molar-refractivity contribution in [2.24, 2.45) is 0 Å². The van der Waals surface area contributed by atoms with Crippen molar-refractivity contribution in [1.29, 1.82) is 0 Å². The molecular formula is C8H10N4S2. The fraction of sp³-hybridized carbons (Fsp3) is 0.250. The minimum Gasteiger partial charge on any atom is -0.342 e. The highest BCUT2D eigenvalue weighted by atomic mass is 32.1. The van der Waals surface area contributed by atoms with Crippen LogP contribution in [0.25, 0.3) is 0 Å². The third-order valence-corrected chi connectivity index (χ3v) is 2.95. The molecule has 0 aliphatic rings. The van der Waals surface area contributed by atoms with Gasteiger partial charge in [-0.2, -0.15) is 0 Å². The summed E-state index contributed by atoms with van der Waals surface area (Å²) in [7, 11) is 0. The molecule has 4 nitrogen and oxygen atoms in total. The first-order valence-corrected chi connectivity index (χ1v) is 5.92. The largest absolute Gasteiger partial charge is 0.342 e. The number of nitrogens with one attached hydrogen (secondary N) is 2. The molecule has 0 radical (unpaired) electrons. The lowest BCUT2D eigenvalue weighted by atomic mass is 10.6. The van der Waals surface area contributed by atoms with E-state index in [0.29, 0.717) is 0 Å². The molecule has 0 atom stereocenters. The van der Waals surface area contributed by atoms with Gasteiger partial charge < -0.3 is 10.6 Å². The molecule has 74 valence electrons. The summed E-state index contributed by atoms with van der Waals surface area (Å²) in [5.41, 5.74) is 0. The normalized spacial score (nSPS) is 10.4. The monoisotopic (exact) mass is 226 g/mol. The Bertz CT molecular complexity index is 320. The van der Waals surface area contributed by atoms with Gasteiger partial charge in [-0.15, -0.1) is 22.7 Å². The molecule has 0 aliphatic carbocycles. The highest BCUT2D eigenvalue weighted by Crippen LogP contribution is 2.15. The van der Waals surface area contributed by atoms with E-state index in [1.54, 1.807) is 35.1 Å². The molecular weight excluding hydrogens is 216 g/mol. The molecule has 0 aromatic carbocycles. The van der Waals surface area contributed by atoms with E-state index in [-0.39, 0.29) is 6.17 Å². The molecule has 0 aliphatic heterocycles. The maximum Gasteiger partial charge on any atom is 0.184 e. The van der Waals surface area contributed by atoms with E-state index in [4.69, 9.17) is 0 Å². The molecule has 0 amide bonds. The van der Waals surface area contributed by atoms with E-state index in [1.807, 2.05) is 17.7 Å². The van der Waals surface area contributed by atoms with Crippen LogP contribution in [0.15, 0.2) is 23.2 Å². The average molecular weight is 226 g/mol. The second-order valence-electron chi connectivity index (χ2n) is 2.68. The quantitative estimate of drug-likeness (QED) is 0.786. The van der Waals surface area contributed by atoms with Gasteiger partial charge in [0.1, 0.15) is 0 Å². The Hall–Kier alpha value is -1.14. The fourth-order valence-electron chi connectivity index (χ4n) is 0.996. The SMILES string of the molecule is CC(Nc1nccs1)Nc1nccs1. The van der Waals surface area contributed by atoms with Crippen molar-refractivity contribution in [3.05, 3.63) is 23.2 Å². The van der Waals surface area contributed by atoms with E-state index in [2.05, 4.69) is 20.6 Å². The van der Waals surface area contributed by atoms with Crippen molar-refractivity contribution in [2.75, 3.05) is 10.6 Å². The summed E-state index contributed by atoms with van der Waals surface area (Å²) < 4.78 is 0. The topological polar surface area (TPSA) is 49.8 Å². The van der Waals surface area contributed by atoms with Crippen molar-refractivity contribution in [1.82, 2.24) is 9.97 Å². The van der Waals surface area contributed by atoms with Gasteiger partial charge in [-0.3, -0.25) is 0 Å². The minimum atomic E-state index is 0.132. The first-order valence-electron chi connectivity index (χ1n) is 4.16. The van der Waals surface area contributed by atoms with E-state index < -0.39 is 0 Å². The van der Waals surface area contributed by atoms with Crippen molar-refractivity contribution >= 4 is 32.9 Å².